The summed E-state index contributed by atoms with van der Waals surface area (Å²) in [6.45, 7) is 1.80. The van der Waals surface area contributed by atoms with E-state index in [9.17, 15) is 19.2 Å². The van der Waals surface area contributed by atoms with Gasteiger partial charge in [0.15, 0.2) is 5.76 Å². The predicted molar refractivity (Wildman–Crippen MR) is 118 cm³/mol. The van der Waals surface area contributed by atoms with Crippen LogP contribution in [0.4, 0.5) is 9.80 Å². The van der Waals surface area contributed by atoms with E-state index in [0.29, 0.717) is 29.3 Å². The van der Waals surface area contributed by atoms with E-state index in [2.05, 4.69) is 17.6 Å². The Morgan fingerprint density at radius 2 is 2.09 bits per heavy atom. The fourth-order valence-corrected chi connectivity index (χ4v) is 6.48. The summed E-state index contributed by atoms with van der Waals surface area (Å²) < 4.78 is 5.32. The minimum atomic E-state index is -0.851. The topological polar surface area (TPSA) is 109 Å². The molecular weight excluding hydrogens is 430 g/mol. The number of fused-ring (bicyclic) bond motifs is 1. The standard InChI is InChI=1S/C23H25N3O5S/c1-13-6-7-14-16(11-13)32-20(18(14)19(28)15-5-4-10-31-15)24-17(27)12-26-21(29)23(25-22(26)30)8-2-3-9-23/h4-5,10,13H,2-3,6-9,11-12H2,1H3,(H,24,27)(H,25,30). The molecule has 2 aromatic heterocycles. The molecule has 2 fully saturated rings. The van der Waals surface area contributed by atoms with E-state index in [1.807, 2.05) is 0 Å². The van der Waals surface area contributed by atoms with Gasteiger partial charge in [0.2, 0.25) is 11.7 Å². The van der Waals surface area contributed by atoms with Gasteiger partial charge in [0.1, 0.15) is 17.1 Å². The summed E-state index contributed by atoms with van der Waals surface area (Å²) in [5, 5.41) is 6.06. The molecule has 2 aliphatic carbocycles. The van der Waals surface area contributed by atoms with E-state index in [-0.39, 0.29) is 24.0 Å². The minimum Gasteiger partial charge on any atom is -0.461 e. The number of rotatable bonds is 5. The second kappa shape index (κ2) is 7.88. The predicted octanol–water partition coefficient (Wildman–Crippen LogP) is 3.50. The number of carbonyl (C=O) groups excluding carboxylic acids is 4. The summed E-state index contributed by atoms with van der Waals surface area (Å²) in [5.41, 5.74) is 0.574. The second-order valence-electron chi connectivity index (χ2n) is 9.02. The van der Waals surface area contributed by atoms with Gasteiger partial charge in [0, 0.05) is 4.88 Å². The number of imide groups is 1. The molecule has 1 unspecified atom stereocenters. The quantitative estimate of drug-likeness (QED) is 0.530. The van der Waals surface area contributed by atoms with Gasteiger partial charge < -0.3 is 15.1 Å². The molecule has 168 valence electrons. The number of urea groups is 1. The van der Waals surface area contributed by atoms with Crippen molar-refractivity contribution in [3.8, 4) is 0 Å². The largest absolute Gasteiger partial charge is 0.461 e. The third-order valence-electron chi connectivity index (χ3n) is 6.74. The van der Waals surface area contributed by atoms with Gasteiger partial charge in [0.25, 0.3) is 5.91 Å². The first-order valence-corrected chi connectivity index (χ1v) is 11.9. The Kier molecular flexibility index (Phi) is 5.16. The molecule has 32 heavy (non-hydrogen) atoms. The maximum absolute atomic E-state index is 13.2. The molecule has 5 rings (SSSR count). The Bertz CT molecular complexity index is 1100. The molecule has 1 saturated heterocycles. The number of carbonyl (C=O) groups is 4. The SMILES string of the molecule is CC1CCc2c(sc(NC(=O)CN3C(=O)NC4(CCCC4)C3=O)c2C(=O)c2ccco2)C1. The van der Waals surface area contributed by atoms with Crippen LogP contribution in [0.2, 0.25) is 0 Å². The molecule has 0 bridgehead atoms. The lowest BCUT2D eigenvalue weighted by Crippen LogP contribution is -2.44. The molecule has 9 heteroatoms. The van der Waals surface area contributed by atoms with Crippen LogP contribution >= 0.6 is 11.3 Å². The van der Waals surface area contributed by atoms with E-state index in [4.69, 9.17) is 4.42 Å². The van der Waals surface area contributed by atoms with Gasteiger partial charge in [-0.05, 0) is 55.7 Å². The number of furan rings is 1. The first-order chi connectivity index (χ1) is 15.4. The Morgan fingerprint density at radius 3 is 2.81 bits per heavy atom. The van der Waals surface area contributed by atoms with Crippen molar-refractivity contribution in [2.24, 2.45) is 5.92 Å². The van der Waals surface area contributed by atoms with Crippen LogP contribution in [0.15, 0.2) is 22.8 Å². The number of ketones is 1. The van der Waals surface area contributed by atoms with E-state index < -0.39 is 17.5 Å². The van der Waals surface area contributed by atoms with E-state index in [1.54, 1.807) is 12.1 Å². The third kappa shape index (κ3) is 3.44. The van der Waals surface area contributed by atoms with E-state index >= 15 is 0 Å². The van der Waals surface area contributed by atoms with Crippen LogP contribution in [0.1, 0.15) is 65.6 Å². The summed E-state index contributed by atoms with van der Waals surface area (Å²) in [7, 11) is 0. The zero-order valence-electron chi connectivity index (χ0n) is 17.9. The van der Waals surface area contributed by atoms with Crippen LogP contribution in [-0.2, 0) is 22.4 Å². The highest BCUT2D eigenvalue weighted by Crippen LogP contribution is 2.41. The number of hydrogen-bond acceptors (Lipinski definition) is 6. The number of hydrogen-bond donors (Lipinski definition) is 2. The Labute approximate surface area is 189 Å². The van der Waals surface area contributed by atoms with E-state index in [0.717, 1.165) is 47.4 Å². The first kappa shape index (κ1) is 20.9. The van der Waals surface area contributed by atoms with Crippen molar-refractivity contribution in [1.82, 2.24) is 10.2 Å². The van der Waals surface area contributed by atoms with Gasteiger partial charge in [-0.15, -0.1) is 11.3 Å². The van der Waals surface area contributed by atoms with E-state index in [1.165, 1.54) is 17.6 Å². The minimum absolute atomic E-state index is 0.219. The molecule has 1 aliphatic heterocycles. The van der Waals surface area contributed by atoms with Crippen molar-refractivity contribution in [3.63, 3.8) is 0 Å². The van der Waals surface area contributed by atoms with Gasteiger partial charge in [-0.3, -0.25) is 19.3 Å². The molecule has 8 nitrogen and oxygen atoms in total. The van der Waals surface area contributed by atoms with Crippen molar-refractivity contribution in [2.75, 3.05) is 11.9 Å². The number of thiophene rings is 1. The molecule has 2 aromatic rings. The van der Waals surface area contributed by atoms with Gasteiger partial charge in [-0.25, -0.2) is 4.79 Å². The van der Waals surface area contributed by atoms with Gasteiger partial charge in [-0.1, -0.05) is 19.8 Å². The average Bonchev–Trinajstić information content (AvgIpc) is 3.53. The van der Waals surface area contributed by atoms with Crippen molar-refractivity contribution >= 4 is 40.0 Å². The van der Waals surface area contributed by atoms with Crippen LogP contribution in [0.3, 0.4) is 0 Å². The van der Waals surface area contributed by atoms with Crippen LogP contribution in [0.25, 0.3) is 0 Å². The zero-order valence-corrected chi connectivity index (χ0v) is 18.7. The second-order valence-corrected chi connectivity index (χ2v) is 10.1. The average molecular weight is 456 g/mol. The summed E-state index contributed by atoms with van der Waals surface area (Å²) in [6.07, 6.45) is 7.00. The Balaban J connectivity index is 1.39. The maximum Gasteiger partial charge on any atom is 0.325 e. The van der Waals surface area contributed by atoms with Gasteiger partial charge in [-0.2, -0.15) is 0 Å². The van der Waals surface area contributed by atoms with Crippen molar-refractivity contribution in [2.45, 2.75) is 57.4 Å². The molecule has 4 amide bonds. The zero-order chi connectivity index (χ0) is 22.5. The van der Waals surface area contributed by atoms with Crippen LogP contribution in [-0.4, -0.2) is 40.6 Å². The van der Waals surface area contributed by atoms with Crippen LogP contribution in [0, 0.1) is 5.92 Å². The summed E-state index contributed by atoms with van der Waals surface area (Å²) in [5.74, 6) is -0.371. The summed E-state index contributed by atoms with van der Waals surface area (Å²) in [6, 6.07) is 2.74. The fraction of sp³-hybridized carbons (Fsp3) is 0.478. The molecule has 0 aromatic carbocycles. The molecule has 0 radical (unpaired) electrons. The summed E-state index contributed by atoms with van der Waals surface area (Å²) >= 11 is 1.40. The molecular formula is C23H25N3O5S. The smallest absolute Gasteiger partial charge is 0.325 e. The molecule has 2 N–H and O–H groups in total. The van der Waals surface area contributed by atoms with Gasteiger partial charge >= 0.3 is 6.03 Å². The number of nitrogens with zero attached hydrogens (tertiary/aromatic N) is 1. The molecule has 1 saturated carbocycles. The summed E-state index contributed by atoms with van der Waals surface area (Å²) in [4.78, 5) is 53.4. The number of nitrogens with one attached hydrogen (secondary N) is 2. The first-order valence-electron chi connectivity index (χ1n) is 11.0. The highest BCUT2D eigenvalue weighted by atomic mass is 32.1. The fourth-order valence-electron chi connectivity index (χ4n) is 5.06. The maximum atomic E-state index is 13.2. The van der Waals surface area contributed by atoms with Crippen LogP contribution in [0.5, 0.6) is 0 Å². The lowest BCUT2D eigenvalue weighted by molar-refractivity contribution is -0.133. The monoisotopic (exact) mass is 455 g/mol. The molecule has 1 atom stereocenters. The highest BCUT2D eigenvalue weighted by molar-refractivity contribution is 7.17. The highest BCUT2D eigenvalue weighted by Gasteiger charge is 2.52. The molecule has 3 aliphatic rings. The Morgan fingerprint density at radius 1 is 1.31 bits per heavy atom. The molecule has 1 spiro atoms. The number of amides is 4. The normalized spacial score (nSPS) is 21.7. The Hall–Kier alpha value is -2.94. The van der Waals surface area contributed by atoms with Gasteiger partial charge in [0.05, 0.1) is 11.8 Å². The van der Waals surface area contributed by atoms with Crippen molar-refractivity contribution < 1.29 is 23.6 Å². The van der Waals surface area contributed by atoms with Crippen molar-refractivity contribution in [1.29, 1.82) is 0 Å². The van der Waals surface area contributed by atoms with Crippen LogP contribution < -0.4 is 10.6 Å². The van der Waals surface area contributed by atoms with Crippen molar-refractivity contribution in [3.05, 3.63) is 40.2 Å². The third-order valence-corrected chi connectivity index (χ3v) is 7.91. The molecule has 3 heterocycles. The lowest BCUT2D eigenvalue weighted by atomic mass is 9.87. The lowest BCUT2D eigenvalue weighted by Gasteiger charge is -2.19. The number of anilines is 1.